The van der Waals surface area contributed by atoms with Crippen molar-refractivity contribution in [2.45, 2.75) is 45.6 Å². The summed E-state index contributed by atoms with van der Waals surface area (Å²) in [7, 11) is 1.96. The Kier molecular flexibility index (Phi) is 9.24. The van der Waals surface area contributed by atoms with Crippen LogP contribution in [0.2, 0.25) is 0 Å². The van der Waals surface area contributed by atoms with Crippen molar-refractivity contribution in [3.63, 3.8) is 0 Å². The molecular weight excluding hydrogens is 202 g/mol. The number of rotatable bonds is 9. The van der Waals surface area contributed by atoms with Crippen molar-refractivity contribution < 1.29 is 4.79 Å². The van der Waals surface area contributed by atoms with Crippen LogP contribution in [0.4, 0.5) is 0 Å². The Labute approximate surface area is 99.4 Å². The summed E-state index contributed by atoms with van der Waals surface area (Å²) in [6.45, 7) is 5.44. The number of unbranched alkanes of at least 4 members (excludes halogenated alkanes) is 1. The Balaban J connectivity index is 3.77. The minimum Gasteiger partial charge on any atom is -0.353 e. The number of nitrogens with two attached hydrogens (primary N) is 1. The summed E-state index contributed by atoms with van der Waals surface area (Å²) in [5, 5.41) is 6.18. The lowest BCUT2D eigenvalue weighted by Crippen LogP contribution is -2.40. The second kappa shape index (κ2) is 9.60. The highest BCUT2D eigenvalue weighted by atomic mass is 16.1. The summed E-state index contributed by atoms with van der Waals surface area (Å²) in [4.78, 5) is 11.6. The molecule has 0 saturated carbocycles. The van der Waals surface area contributed by atoms with Crippen molar-refractivity contribution in [1.29, 1.82) is 0 Å². The van der Waals surface area contributed by atoms with Gasteiger partial charge in [0.25, 0.3) is 0 Å². The van der Waals surface area contributed by atoms with Crippen LogP contribution in [-0.4, -0.2) is 32.1 Å². The fourth-order valence-corrected chi connectivity index (χ4v) is 1.52. The van der Waals surface area contributed by atoms with Crippen LogP contribution in [0.15, 0.2) is 0 Å². The molecule has 0 aromatic heterocycles. The van der Waals surface area contributed by atoms with Gasteiger partial charge in [0.1, 0.15) is 0 Å². The third kappa shape index (κ3) is 6.80. The predicted octanol–water partition coefficient (Wildman–Crippen LogP) is 0.866. The molecule has 16 heavy (non-hydrogen) atoms. The Hall–Kier alpha value is -0.610. The Bertz CT molecular complexity index is 185. The number of nitrogens with one attached hydrogen (secondary N) is 2. The molecule has 0 aliphatic heterocycles. The van der Waals surface area contributed by atoms with Gasteiger partial charge in [0.05, 0.1) is 0 Å². The number of hydrogen-bond acceptors (Lipinski definition) is 3. The number of hydrogen-bond donors (Lipinski definition) is 3. The molecule has 1 unspecified atom stereocenters. The van der Waals surface area contributed by atoms with Crippen LogP contribution in [0.3, 0.4) is 0 Å². The lowest BCUT2D eigenvalue weighted by molar-refractivity contribution is -0.125. The van der Waals surface area contributed by atoms with Gasteiger partial charge in [-0.05, 0) is 32.9 Å². The van der Waals surface area contributed by atoms with Crippen LogP contribution >= 0.6 is 0 Å². The van der Waals surface area contributed by atoms with Crippen LogP contribution in [0.25, 0.3) is 0 Å². The topological polar surface area (TPSA) is 67.1 Å². The lowest BCUT2D eigenvalue weighted by Gasteiger charge is -2.19. The van der Waals surface area contributed by atoms with E-state index in [2.05, 4.69) is 17.6 Å². The quantitative estimate of drug-likeness (QED) is 0.514. The monoisotopic (exact) mass is 229 g/mol. The van der Waals surface area contributed by atoms with Crippen molar-refractivity contribution in [3.05, 3.63) is 0 Å². The third-order valence-corrected chi connectivity index (χ3v) is 2.87. The van der Waals surface area contributed by atoms with Gasteiger partial charge in [-0.1, -0.05) is 20.3 Å². The average molecular weight is 229 g/mol. The van der Waals surface area contributed by atoms with E-state index in [1.165, 1.54) is 0 Å². The van der Waals surface area contributed by atoms with Crippen LogP contribution in [0.1, 0.15) is 39.5 Å². The van der Waals surface area contributed by atoms with Crippen molar-refractivity contribution in [2.24, 2.45) is 11.7 Å². The van der Waals surface area contributed by atoms with Crippen molar-refractivity contribution in [3.8, 4) is 0 Å². The molecular formula is C12H27N3O. The summed E-state index contributed by atoms with van der Waals surface area (Å²) < 4.78 is 0. The van der Waals surface area contributed by atoms with Gasteiger partial charge in [-0.15, -0.1) is 0 Å². The first-order chi connectivity index (χ1) is 7.65. The molecule has 4 nitrogen and oxygen atoms in total. The van der Waals surface area contributed by atoms with Crippen LogP contribution in [0, 0.1) is 5.92 Å². The van der Waals surface area contributed by atoms with Crippen molar-refractivity contribution >= 4 is 5.91 Å². The first-order valence-electron chi connectivity index (χ1n) is 6.30. The number of carbonyl (C=O) groups excluding carboxylic acids is 1. The van der Waals surface area contributed by atoms with Gasteiger partial charge >= 0.3 is 0 Å². The highest BCUT2D eigenvalue weighted by Crippen LogP contribution is 2.05. The average Bonchev–Trinajstić information content (AvgIpc) is 2.31. The van der Waals surface area contributed by atoms with Gasteiger partial charge in [0, 0.05) is 18.5 Å². The molecule has 0 bridgehead atoms. The van der Waals surface area contributed by atoms with Gasteiger partial charge in [-0.25, -0.2) is 0 Å². The van der Waals surface area contributed by atoms with E-state index in [1.54, 1.807) is 0 Å². The standard InChI is InChI=1S/C12H27N3O/c1-4-11(7-5-6-8-14-3)15-12(16)10(2)9-13/h10-11,14H,4-9,13H2,1-3H3,(H,15,16)/t10?,11-/m0/s1. The number of carbonyl (C=O) groups is 1. The zero-order valence-corrected chi connectivity index (χ0v) is 10.9. The molecule has 2 atom stereocenters. The summed E-state index contributed by atoms with van der Waals surface area (Å²) in [6, 6.07) is 0.304. The van der Waals surface area contributed by atoms with Crippen LogP contribution in [-0.2, 0) is 4.79 Å². The van der Waals surface area contributed by atoms with E-state index < -0.39 is 0 Å². The van der Waals surface area contributed by atoms with Gasteiger partial charge in [-0.3, -0.25) is 4.79 Å². The minimum atomic E-state index is -0.0774. The van der Waals surface area contributed by atoms with Gasteiger partial charge in [-0.2, -0.15) is 0 Å². The smallest absolute Gasteiger partial charge is 0.224 e. The van der Waals surface area contributed by atoms with Gasteiger partial charge in [0.2, 0.25) is 5.91 Å². The molecule has 0 rings (SSSR count). The van der Waals surface area contributed by atoms with Crippen LogP contribution in [0.5, 0.6) is 0 Å². The fourth-order valence-electron chi connectivity index (χ4n) is 1.52. The molecule has 0 fully saturated rings. The summed E-state index contributed by atoms with van der Waals surface area (Å²) >= 11 is 0. The van der Waals surface area contributed by atoms with Gasteiger partial charge < -0.3 is 16.4 Å². The largest absolute Gasteiger partial charge is 0.353 e. The second-order valence-electron chi connectivity index (χ2n) is 4.35. The van der Waals surface area contributed by atoms with Crippen molar-refractivity contribution in [2.75, 3.05) is 20.1 Å². The maximum Gasteiger partial charge on any atom is 0.224 e. The fraction of sp³-hybridized carbons (Fsp3) is 0.917. The molecule has 0 radical (unpaired) electrons. The van der Waals surface area contributed by atoms with Gasteiger partial charge in [0.15, 0.2) is 0 Å². The summed E-state index contributed by atoms with van der Waals surface area (Å²) in [5.74, 6) is 0.00863. The van der Waals surface area contributed by atoms with E-state index in [0.717, 1.165) is 32.2 Å². The molecule has 0 aliphatic rings. The van der Waals surface area contributed by atoms with E-state index in [9.17, 15) is 4.79 Å². The molecule has 0 aromatic rings. The molecule has 4 heteroatoms. The highest BCUT2D eigenvalue weighted by Gasteiger charge is 2.14. The molecule has 0 heterocycles. The zero-order valence-electron chi connectivity index (χ0n) is 10.9. The molecule has 1 amide bonds. The van der Waals surface area contributed by atoms with E-state index in [-0.39, 0.29) is 11.8 Å². The Morgan fingerprint density at radius 3 is 2.56 bits per heavy atom. The predicted molar refractivity (Wildman–Crippen MR) is 68.2 cm³/mol. The third-order valence-electron chi connectivity index (χ3n) is 2.87. The number of amides is 1. The molecule has 0 spiro atoms. The highest BCUT2D eigenvalue weighted by molar-refractivity contribution is 5.78. The lowest BCUT2D eigenvalue weighted by atomic mass is 10.1. The second-order valence-corrected chi connectivity index (χ2v) is 4.35. The SMILES string of the molecule is CC[C@@H](CCCCNC)NC(=O)C(C)CN. The summed E-state index contributed by atoms with van der Waals surface area (Å²) in [5.41, 5.74) is 5.46. The maximum atomic E-state index is 11.6. The Morgan fingerprint density at radius 2 is 2.06 bits per heavy atom. The van der Waals surface area contributed by atoms with E-state index in [0.29, 0.717) is 12.6 Å². The van der Waals surface area contributed by atoms with Crippen LogP contribution < -0.4 is 16.4 Å². The zero-order chi connectivity index (χ0) is 12.4. The first-order valence-corrected chi connectivity index (χ1v) is 6.30. The molecule has 96 valence electrons. The molecule has 0 aliphatic carbocycles. The van der Waals surface area contributed by atoms with E-state index in [4.69, 9.17) is 5.73 Å². The molecule has 0 saturated heterocycles. The van der Waals surface area contributed by atoms with Crippen molar-refractivity contribution in [1.82, 2.24) is 10.6 Å². The Morgan fingerprint density at radius 1 is 1.38 bits per heavy atom. The minimum absolute atomic E-state index is 0.0774. The molecule has 4 N–H and O–H groups in total. The maximum absolute atomic E-state index is 11.6. The molecule has 0 aromatic carbocycles. The summed E-state index contributed by atoms with van der Waals surface area (Å²) in [6.07, 6.45) is 4.36. The van der Waals surface area contributed by atoms with E-state index in [1.807, 2.05) is 14.0 Å². The normalized spacial score (nSPS) is 14.5. The van der Waals surface area contributed by atoms with E-state index >= 15 is 0 Å². The first kappa shape index (κ1) is 15.4.